The predicted octanol–water partition coefficient (Wildman–Crippen LogP) is 1.81. The Bertz CT molecular complexity index is 644. The Balaban J connectivity index is 2.09. The monoisotopic (exact) mass is 318 g/mol. The lowest BCUT2D eigenvalue weighted by atomic mass is 10.2. The zero-order valence-electron chi connectivity index (χ0n) is 9.65. The number of aliphatic hydroxyl groups is 1. The number of sulfonamides is 1. The lowest BCUT2D eigenvalue weighted by Crippen LogP contribution is -2.28. The number of pyridine rings is 1. The molecular weight excluding hydrogens is 308 g/mol. The first-order valence-electron chi connectivity index (χ1n) is 5.30. The zero-order valence-corrected chi connectivity index (χ0v) is 12.0. The van der Waals surface area contributed by atoms with Crippen LogP contribution in [0.3, 0.4) is 0 Å². The molecule has 2 rings (SSSR count). The van der Waals surface area contributed by atoms with E-state index in [1.165, 1.54) is 29.8 Å². The molecule has 0 aliphatic carbocycles. The molecule has 5 nitrogen and oxygen atoms in total. The van der Waals surface area contributed by atoms with Crippen molar-refractivity contribution in [3.05, 3.63) is 45.9 Å². The number of thiophene rings is 1. The van der Waals surface area contributed by atoms with E-state index in [9.17, 15) is 13.5 Å². The molecule has 0 radical (unpaired) electrons. The highest BCUT2D eigenvalue weighted by Crippen LogP contribution is 2.20. The van der Waals surface area contributed by atoms with E-state index in [4.69, 9.17) is 11.6 Å². The van der Waals surface area contributed by atoms with Gasteiger partial charge in [0.2, 0.25) is 10.0 Å². The van der Waals surface area contributed by atoms with Crippen LogP contribution in [0.2, 0.25) is 5.02 Å². The Labute approximate surface area is 119 Å². The number of rotatable bonds is 5. The van der Waals surface area contributed by atoms with Crippen molar-refractivity contribution in [2.24, 2.45) is 0 Å². The summed E-state index contributed by atoms with van der Waals surface area (Å²) >= 11 is 7.24. The quantitative estimate of drug-likeness (QED) is 0.881. The first-order chi connectivity index (χ1) is 9.00. The highest BCUT2D eigenvalue weighted by atomic mass is 35.5. The molecule has 8 heteroatoms. The van der Waals surface area contributed by atoms with Crippen molar-refractivity contribution >= 4 is 33.0 Å². The van der Waals surface area contributed by atoms with E-state index >= 15 is 0 Å². The van der Waals surface area contributed by atoms with Crippen molar-refractivity contribution in [1.29, 1.82) is 0 Å². The molecule has 1 atom stereocenters. The molecule has 0 saturated heterocycles. The maximum absolute atomic E-state index is 12.0. The lowest BCUT2D eigenvalue weighted by molar-refractivity contribution is 0.182. The van der Waals surface area contributed by atoms with Gasteiger partial charge in [0.05, 0.1) is 11.1 Å². The first kappa shape index (κ1) is 14.4. The minimum atomic E-state index is -3.78. The average Bonchev–Trinajstić information content (AvgIpc) is 2.90. The second-order valence-electron chi connectivity index (χ2n) is 3.73. The van der Waals surface area contributed by atoms with E-state index in [1.54, 1.807) is 11.4 Å². The standard InChI is InChI=1S/C11H11ClN2O3S2/c12-9-1-3-13-6-11(9)19(16,17)14-5-10(15)8-2-4-18-7-8/h1-4,6-7,10,14-15H,5H2. The second-order valence-corrected chi connectivity index (χ2v) is 6.65. The average molecular weight is 319 g/mol. The summed E-state index contributed by atoms with van der Waals surface area (Å²) in [6, 6.07) is 3.13. The highest BCUT2D eigenvalue weighted by molar-refractivity contribution is 7.89. The van der Waals surface area contributed by atoms with Crippen molar-refractivity contribution in [3.8, 4) is 0 Å². The van der Waals surface area contributed by atoms with Crippen LogP contribution in [-0.4, -0.2) is 25.1 Å². The van der Waals surface area contributed by atoms with Crippen molar-refractivity contribution in [1.82, 2.24) is 9.71 Å². The molecule has 2 N–H and O–H groups in total. The number of nitrogens with one attached hydrogen (secondary N) is 1. The molecule has 1 unspecified atom stereocenters. The zero-order chi connectivity index (χ0) is 13.9. The summed E-state index contributed by atoms with van der Waals surface area (Å²) in [7, 11) is -3.78. The molecule has 0 amide bonds. The van der Waals surface area contributed by atoms with E-state index in [0.717, 1.165) is 0 Å². The van der Waals surface area contributed by atoms with E-state index in [-0.39, 0.29) is 16.5 Å². The summed E-state index contributed by atoms with van der Waals surface area (Å²) in [4.78, 5) is 3.62. The summed E-state index contributed by atoms with van der Waals surface area (Å²) in [5.74, 6) is 0. The predicted molar refractivity (Wildman–Crippen MR) is 73.7 cm³/mol. The van der Waals surface area contributed by atoms with E-state index in [0.29, 0.717) is 5.56 Å². The minimum absolute atomic E-state index is 0.0903. The van der Waals surface area contributed by atoms with E-state index in [2.05, 4.69) is 9.71 Å². The van der Waals surface area contributed by atoms with Crippen LogP contribution >= 0.6 is 22.9 Å². The molecule has 2 heterocycles. The Kier molecular flexibility index (Phi) is 4.54. The number of hydrogen-bond donors (Lipinski definition) is 2. The second kappa shape index (κ2) is 5.98. The van der Waals surface area contributed by atoms with Crippen LogP contribution in [0.4, 0.5) is 0 Å². The largest absolute Gasteiger partial charge is 0.387 e. The Hall–Kier alpha value is -0.990. The van der Waals surface area contributed by atoms with Gasteiger partial charge in [0.15, 0.2) is 0 Å². The molecule has 0 fully saturated rings. The molecule has 102 valence electrons. The van der Waals surface area contributed by atoms with Gasteiger partial charge in [-0.25, -0.2) is 13.1 Å². The van der Waals surface area contributed by atoms with Crippen LogP contribution in [0.15, 0.2) is 40.2 Å². The number of aliphatic hydroxyl groups excluding tert-OH is 1. The molecule has 0 aromatic carbocycles. The van der Waals surface area contributed by atoms with Crippen LogP contribution < -0.4 is 4.72 Å². The van der Waals surface area contributed by atoms with Gasteiger partial charge in [0.1, 0.15) is 4.90 Å². The molecular formula is C11H11ClN2O3S2. The van der Waals surface area contributed by atoms with Gasteiger partial charge in [-0.05, 0) is 28.5 Å². The van der Waals surface area contributed by atoms with E-state index < -0.39 is 16.1 Å². The topological polar surface area (TPSA) is 79.3 Å². The maximum atomic E-state index is 12.0. The summed E-state index contributed by atoms with van der Waals surface area (Å²) in [5.41, 5.74) is 0.671. The van der Waals surface area contributed by atoms with Crippen molar-refractivity contribution in [2.75, 3.05) is 6.54 Å². The number of hydrogen-bond acceptors (Lipinski definition) is 5. The Morgan fingerprint density at radius 3 is 2.89 bits per heavy atom. The molecule has 19 heavy (non-hydrogen) atoms. The highest BCUT2D eigenvalue weighted by Gasteiger charge is 2.19. The van der Waals surface area contributed by atoms with Crippen LogP contribution in [0, 0.1) is 0 Å². The Morgan fingerprint density at radius 2 is 2.26 bits per heavy atom. The van der Waals surface area contributed by atoms with E-state index in [1.807, 2.05) is 5.38 Å². The molecule has 0 aliphatic rings. The fraction of sp³-hybridized carbons (Fsp3) is 0.182. The van der Waals surface area contributed by atoms with Crippen molar-refractivity contribution < 1.29 is 13.5 Å². The maximum Gasteiger partial charge on any atom is 0.243 e. The van der Waals surface area contributed by atoms with Gasteiger partial charge in [-0.15, -0.1) is 0 Å². The van der Waals surface area contributed by atoms with Crippen LogP contribution in [0.25, 0.3) is 0 Å². The van der Waals surface area contributed by atoms with Crippen LogP contribution in [0.5, 0.6) is 0 Å². The number of aromatic nitrogens is 1. The van der Waals surface area contributed by atoms with Gasteiger partial charge in [0.25, 0.3) is 0 Å². The molecule has 2 aromatic rings. The minimum Gasteiger partial charge on any atom is -0.387 e. The molecule has 0 spiro atoms. The lowest BCUT2D eigenvalue weighted by Gasteiger charge is -2.11. The Morgan fingerprint density at radius 1 is 1.47 bits per heavy atom. The molecule has 2 aromatic heterocycles. The number of nitrogens with zero attached hydrogens (tertiary/aromatic N) is 1. The fourth-order valence-corrected chi connectivity index (χ4v) is 3.58. The van der Waals surface area contributed by atoms with Gasteiger partial charge in [0, 0.05) is 18.9 Å². The molecule has 0 bridgehead atoms. The summed E-state index contributed by atoms with van der Waals surface area (Å²) in [6.07, 6.45) is 1.68. The third-order valence-electron chi connectivity index (χ3n) is 2.42. The summed E-state index contributed by atoms with van der Waals surface area (Å²) < 4.78 is 26.3. The van der Waals surface area contributed by atoms with Gasteiger partial charge < -0.3 is 5.11 Å². The van der Waals surface area contributed by atoms with Crippen LogP contribution in [-0.2, 0) is 10.0 Å². The SMILES string of the molecule is O=S(=O)(NCC(O)c1ccsc1)c1cnccc1Cl. The number of halogens is 1. The fourth-order valence-electron chi connectivity index (χ4n) is 1.41. The van der Waals surface area contributed by atoms with Gasteiger partial charge in [-0.3, -0.25) is 4.98 Å². The third kappa shape index (κ3) is 3.52. The summed E-state index contributed by atoms with van der Waals surface area (Å²) in [6.45, 7) is -0.121. The van der Waals surface area contributed by atoms with Crippen LogP contribution in [0.1, 0.15) is 11.7 Å². The van der Waals surface area contributed by atoms with Crippen molar-refractivity contribution in [2.45, 2.75) is 11.0 Å². The van der Waals surface area contributed by atoms with Gasteiger partial charge in [-0.2, -0.15) is 11.3 Å². The molecule has 0 saturated carbocycles. The summed E-state index contributed by atoms with van der Waals surface area (Å²) in [5, 5.41) is 13.5. The van der Waals surface area contributed by atoms with Gasteiger partial charge >= 0.3 is 0 Å². The molecule has 0 aliphatic heterocycles. The van der Waals surface area contributed by atoms with Crippen molar-refractivity contribution in [3.63, 3.8) is 0 Å². The van der Waals surface area contributed by atoms with Gasteiger partial charge in [-0.1, -0.05) is 11.6 Å². The smallest absolute Gasteiger partial charge is 0.243 e. The third-order valence-corrected chi connectivity index (χ3v) is 5.01. The normalized spacial score (nSPS) is 13.4. The first-order valence-corrected chi connectivity index (χ1v) is 8.10.